The minimum absolute atomic E-state index is 0.00419. The van der Waals surface area contributed by atoms with Crippen LogP contribution in [0, 0.1) is 23.2 Å². The van der Waals surface area contributed by atoms with Crippen molar-refractivity contribution in [3.63, 3.8) is 0 Å². The molecule has 0 aliphatic carbocycles. The summed E-state index contributed by atoms with van der Waals surface area (Å²) in [6.45, 7) is 3.86. The number of nitrogens with one attached hydrogen (secondary N) is 1. The van der Waals surface area contributed by atoms with Crippen LogP contribution in [0.2, 0.25) is 0 Å². The topological polar surface area (TPSA) is 100.0 Å². The molecule has 7 nitrogen and oxygen atoms in total. The van der Waals surface area contributed by atoms with E-state index in [4.69, 9.17) is 23.2 Å². The molecular weight excluding hydrogens is 665 g/mol. The first-order chi connectivity index (χ1) is 21.4. The third kappa shape index (κ3) is 8.57. The second-order valence-corrected chi connectivity index (χ2v) is 12.2. The Morgan fingerprint density at radius 1 is 1.11 bits per heavy atom. The molecule has 0 amide bonds. The molecule has 0 saturated carbocycles. The average molecular weight is 698 g/mol. The van der Waals surface area contributed by atoms with E-state index in [1.165, 1.54) is 23.1 Å². The molecule has 0 radical (unpaired) electrons. The lowest BCUT2D eigenvalue weighted by Crippen LogP contribution is -2.55. The van der Waals surface area contributed by atoms with Gasteiger partial charge < -0.3 is 20.5 Å². The van der Waals surface area contributed by atoms with Crippen LogP contribution in [0.15, 0.2) is 89.8 Å². The quantitative estimate of drug-likeness (QED) is 0.127. The number of hydrogen-bond acceptors (Lipinski definition) is 5. The monoisotopic (exact) mass is 696 g/mol. The summed E-state index contributed by atoms with van der Waals surface area (Å²) < 4.78 is 44.5. The van der Waals surface area contributed by atoms with Gasteiger partial charge in [-0.2, -0.15) is 18.4 Å². The number of nitrogens with zero attached hydrogens (tertiary/aromatic N) is 4. The lowest BCUT2D eigenvalue weighted by molar-refractivity contribution is -0.138. The molecule has 0 bridgehead atoms. The molecule has 3 aromatic carbocycles. The summed E-state index contributed by atoms with van der Waals surface area (Å²) in [5.41, 5.74) is 8.72. The Morgan fingerprint density at radius 3 is 2.42 bits per heavy atom. The van der Waals surface area contributed by atoms with Crippen LogP contribution in [0.25, 0.3) is 0 Å². The van der Waals surface area contributed by atoms with Crippen LogP contribution in [0.3, 0.4) is 0 Å². The highest BCUT2D eigenvalue weighted by Gasteiger charge is 2.37. The second-order valence-electron chi connectivity index (χ2n) is 10.9. The van der Waals surface area contributed by atoms with E-state index in [9.17, 15) is 18.0 Å². The number of anilines is 1. The molecule has 1 heterocycles. The molecule has 12 heteroatoms. The van der Waals surface area contributed by atoms with Crippen molar-refractivity contribution in [1.29, 1.82) is 5.26 Å². The van der Waals surface area contributed by atoms with E-state index in [1.54, 1.807) is 42.9 Å². The Kier molecular flexibility index (Phi) is 11.1. The highest BCUT2D eigenvalue weighted by Crippen LogP contribution is 2.33. The Morgan fingerprint density at radius 2 is 1.78 bits per heavy atom. The number of carbonyl (C=O) groups is 1. The SMILES string of the molecule is CC(C)[C@H](C(=O)Cc1cncn1Cc1ccc(C#N)cc1)C(N)N(Cc1ccccc1C(F)(F)F)C(=S)Nc1ccccc1Br. The van der Waals surface area contributed by atoms with Gasteiger partial charge in [-0.15, -0.1) is 0 Å². The molecule has 1 unspecified atom stereocenters. The van der Waals surface area contributed by atoms with Crippen molar-refractivity contribution in [3.05, 3.63) is 118 Å². The predicted molar refractivity (Wildman–Crippen MR) is 175 cm³/mol. The van der Waals surface area contributed by atoms with Gasteiger partial charge in [-0.25, -0.2) is 4.98 Å². The highest BCUT2D eigenvalue weighted by molar-refractivity contribution is 9.10. The minimum atomic E-state index is -4.59. The van der Waals surface area contributed by atoms with Crippen LogP contribution in [0.4, 0.5) is 18.9 Å². The fourth-order valence-corrected chi connectivity index (χ4v) is 5.83. The van der Waals surface area contributed by atoms with Crippen molar-refractivity contribution < 1.29 is 18.0 Å². The van der Waals surface area contributed by atoms with E-state index in [2.05, 4.69) is 32.3 Å². The molecular formula is C33H32BrF3N6OS. The van der Waals surface area contributed by atoms with Crippen molar-refractivity contribution in [2.75, 3.05) is 5.32 Å². The van der Waals surface area contributed by atoms with E-state index in [-0.39, 0.29) is 35.3 Å². The number of carbonyl (C=O) groups excluding carboxylic acids is 1. The molecule has 0 spiro atoms. The zero-order valence-corrected chi connectivity index (χ0v) is 27.0. The molecule has 45 heavy (non-hydrogen) atoms. The predicted octanol–water partition coefficient (Wildman–Crippen LogP) is 7.15. The Balaban J connectivity index is 1.63. The molecule has 0 aliphatic heterocycles. The standard InChI is InChI=1S/C33H32BrF3N6OS/c1-21(2)30(29(44)15-25-17-40-20-42(25)18-23-13-11-22(16-38)12-14-23)31(39)43(32(45)41-28-10-6-5-9-27(28)34)19-24-7-3-4-8-26(24)33(35,36)37/h3-14,17,20-21,30-31H,15,18-19,39H2,1-2H3,(H,41,45)/t30-,31?/m1/s1. The molecule has 1 aromatic heterocycles. The van der Waals surface area contributed by atoms with E-state index in [0.717, 1.165) is 11.6 Å². The number of nitrogens with two attached hydrogens (primary N) is 1. The van der Waals surface area contributed by atoms with Crippen molar-refractivity contribution in [2.24, 2.45) is 17.6 Å². The van der Waals surface area contributed by atoms with Gasteiger partial charge in [0.05, 0.1) is 41.3 Å². The summed E-state index contributed by atoms with van der Waals surface area (Å²) in [7, 11) is 0. The van der Waals surface area contributed by atoms with Crippen molar-refractivity contribution in [2.45, 2.75) is 45.7 Å². The fraction of sp³-hybridized carbons (Fsp3) is 0.273. The number of ketones is 1. The number of rotatable bonds is 11. The van der Waals surface area contributed by atoms with Gasteiger partial charge >= 0.3 is 6.18 Å². The summed E-state index contributed by atoms with van der Waals surface area (Å²) >= 11 is 9.20. The number of benzene rings is 3. The average Bonchev–Trinajstić information content (AvgIpc) is 3.42. The number of para-hydroxylation sites is 1. The molecule has 234 valence electrons. The first-order valence-corrected chi connectivity index (χ1v) is 15.3. The third-order valence-electron chi connectivity index (χ3n) is 7.45. The number of alkyl halides is 3. The normalized spacial score (nSPS) is 12.8. The van der Waals surface area contributed by atoms with Gasteiger partial charge in [-0.1, -0.05) is 56.3 Å². The molecule has 0 aliphatic rings. The van der Waals surface area contributed by atoms with Gasteiger partial charge in [0.15, 0.2) is 5.11 Å². The maximum atomic E-state index is 14.0. The number of aromatic nitrogens is 2. The largest absolute Gasteiger partial charge is 0.416 e. The van der Waals surface area contributed by atoms with Crippen LogP contribution in [0.1, 0.15) is 41.8 Å². The Labute approximate surface area is 274 Å². The van der Waals surface area contributed by atoms with Gasteiger partial charge in [0.1, 0.15) is 5.78 Å². The summed E-state index contributed by atoms with van der Waals surface area (Å²) in [4.78, 5) is 19.7. The molecule has 2 atom stereocenters. The smallest absolute Gasteiger partial charge is 0.332 e. The van der Waals surface area contributed by atoms with Crippen LogP contribution in [0.5, 0.6) is 0 Å². The second kappa shape index (κ2) is 14.8. The minimum Gasteiger partial charge on any atom is -0.332 e. The molecule has 4 rings (SSSR count). The van der Waals surface area contributed by atoms with Gasteiger partial charge in [0, 0.05) is 35.9 Å². The maximum absolute atomic E-state index is 14.0. The van der Waals surface area contributed by atoms with E-state index in [1.807, 2.05) is 36.6 Å². The van der Waals surface area contributed by atoms with Gasteiger partial charge in [0.2, 0.25) is 0 Å². The zero-order valence-electron chi connectivity index (χ0n) is 24.6. The van der Waals surface area contributed by atoms with Crippen LogP contribution < -0.4 is 11.1 Å². The third-order valence-corrected chi connectivity index (χ3v) is 8.48. The van der Waals surface area contributed by atoms with Crippen LogP contribution in [-0.2, 0) is 30.5 Å². The molecule has 4 aromatic rings. The number of Topliss-reactive ketones (excluding diaryl/α,β-unsaturated/α-hetero) is 1. The summed E-state index contributed by atoms with van der Waals surface area (Å²) in [6.07, 6.45) is -2.41. The number of hydrogen-bond donors (Lipinski definition) is 2. The molecule has 3 N–H and O–H groups in total. The first-order valence-electron chi connectivity index (χ1n) is 14.1. The van der Waals surface area contributed by atoms with Crippen molar-refractivity contribution >= 4 is 44.7 Å². The molecule has 0 saturated heterocycles. The molecule has 0 fully saturated rings. The summed E-state index contributed by atoms with van der Waals surface area (Å²) in [5, 5.41) is 12.3. The Bertz CT molecular complexity index is 1680. The van der Waals surface area contributed by atoms with Gasteiger partial charge in [-0.3, -0.25) is 4.79 Å². The number of thiocarbonyl (C=S) groups is 1. The van der Waals surface area contributed by atoms with Crippen LogP contribution in [-0.4, -0.2) is 31.5 Å². The number of halogens is 4. The zero-order chi connectivity index (χ0) is 32.7. The lowest BCUT2D eigenvalue weighted by atomic mass is 9.86. The van der Waals surface area contributed by atoms with Crippen LogP contribution >= 0.6 is 28.1 Å². The maximum Gasteiger partial charge on any atom is 0.416 e. The summed E-state index contributed by atoms with van der Waals surface area (Å²) in [5.74, 6) is -1.26. The number of nitriles is 1. The van der Waals surface area contributed by atoms with E-state index < -0.39 is 23.8 Å². The Hall–Kier alpha value is -4.05. The van der Waals surface area contributed by atoms with E-state index >= 15 is 0 Å². The van der Waals surface area contributed by atoms with E-state index in [0.29, 0.717) is 28.0 Å². The van der Waals surface area contributed by atoms with Crippen molar-refractivity contribution in [3.8, 4) is 6.07 Å². The number of imidazole rings is 1. The first kappa shape index (κ1) is 33.8. The highest BCUT2D eigenvalue weighted by atomic mass is 79.9. The van der Waals surface area contributed by atoms with Gasteiger partial charge in [0.25, 0.3) is 0 Å². The fourth-order valence-electron chi connectivity index (χ4n) is 5.15. The van der Waals surface area contributed by atoms with Gasteiger partial charge in [-0.05, 0) is 75.5 Å². The lowest BCUT2D eigenvalue weighted by Gasteiger charge is -2.38. The van der Waals surface area contributed by atoms with Crippen molar-refractivity contribution in [1.82, 2.24) is 14.5 Å². The summed E-state index contributed by atoms with van der Waals surface area (Å²) in [6, 6.07) is 21.7.